The molecule has 4 nitrogen and oxygen atoms in total. The van der Waals surface area contributed by atoms with Crippen molar-refractivity contribution in [2.45, 2.75) is 12.6 Å². The van der Waals surface area contributed by atoms with Gasteiger partial charge >= 0.3 is 0 Å². The van der Waals surface area contributed by atoms with Gasteiger partial charge in [-0.15, -0.1) is 0 Å². The summed E-state index contributed by atoms with van der Waals surface area (Å²) in [4.78, 5) is 6.52. The third kappa shape index (κ3) is 3.02. The topological polar surface area (TPSA) is 34.6 Å². The maximum atomic E-state index is 6.00. The first-order valence-corrected chi connectivity index (χ1v) is 8.70. The Kier molecular flexibility index (Phi) is 4.10. The summed E-state index contributed by atoms with van der Waals surface area (Å²) < 4.78 is 11.9. The lowest BCUT2D eigenvalue weighted by Gasteiger charge is -2.19. The summed E-state index contributed by atoms with van der Waals surface area (Å²) in [5, 5.41) is 4.38. The average Bonchev–Trinajstić information content (AvgIpc) is 3.25. The number of rotatable bonds is 5. The van der Waals surface area contributed by atoms with E-state index in [1.54, 1.807) is 23.7 Å². The molecule has 0 N–H and O–H groups in total. The Morgan fingerprint density at radius 1 is 1.27 bits per heavy atom. The Labute approximate surface area is 134 Å². The lowest BCUT2D eigenvalue weighted by Crippen LogP contribution is -2.26. The Morgan fingerprint density at radius 3 is 3.00 bits per heavy atom. The summed E-state index contributed by atoms with van der Waals surface area (Å²) in [5.74, 6) is 1.98. The number of hydrogen-bond acceptors (Lipinski definition) is 5. The second-order valence-corrected chi connectivity index (χ2v) is 6.90. The van der Waals surface area contributed by atoms with Crippen molar-refractivity contribution < 1.29 is 9.47 Å². The molecule has 0 saturated carbocycles. The molecule has 0 aromatic carbocycles. The molecule has 4 heterocycles. The average molecular weight is 316 g/mol. The predicted octanol–water partition coefficient (Wildman–Crippen LogP) is 2.67. The van der Waals surface area contributed by atoms with Gasteiger partial charge in [0.2, 0.25) is 0 Å². The van der Waals surface area contributed by atoms with E-state index in [4.69, 9.17) is 9.47 Å². The van der Waals surface area contributed by atoms with E-state index < -0.39 is 0 Å². The molecule has 0 unspecified atom stereocenters. The van der Waals surface area contributed by atoms with Gasteiger partial charge in [-0.1, -0.05) is 0 Å². The number of ether oxygens (including phenoxy) is 2. The van der Waals surface area contributed by atoms with Gasteiger partial charge in [-0.05, 0) is 34.5 Å². The molecule has 2 saturated heterocycles. The summed E-state index contributed by atoms with van der Waals surface area (Å²) in [6.45, 7) is 4.76. The van der Waals surface area contributed by atoms with E-state index in [0.717, 1.165) is 38.6 Å². The zero-order chi connectivity index (χ0) is 14.8. The van der Waals surface area contributed by atoms with Crippen LogP contribution in [0.2, 0.25) is 0 Å². The van der Waals surface area contributed by atoms with Gasteiger partial charge in [-0.3, -0.25) is 9.88 Å². The molecule has 0 bridgehead atoms. The number of nitrogens with zero attached hydrogens (tertiary/aromatic N) is 2. The third-order valence-corrected chi connectivity index (χ3v) is 5.35. The smallest absolute Gasteiger partial charge is 0.122 e. The van der Waals surface area contributed by atoms with Crippen molar-refractivity contribution in [3.63, 3.8) is 0 Å². The first kappa shape index (κ1) is 14.2. The molecule has 2 aliphatic rings. The van der Waals surface area contributed by atoms with Crippen LogP contribution in [-0.4, -0.2) is 42.3 Å². The van der Waals surface area contributed by atoms with Crippen LogP contribution in [0.25, 0.3) is 0 Å². The van der Waals surface area contributed by atoms with Crippen LogP contribution in [0.3, 0.4) is 0 Å². The van der Waals surface area contributed by atoms with Gasteiger partial charge in [-0.25, -0.2) is 0 Å². The Balaban J connectivity index is 1.32. The van der Waals surface area contributed by atoms with Crippen LogP contribution in [0.15, 0.2) is 41.4 Å². The number of hydrogen-bond donors (Lipinski definition) is 0. The van der Waals surface area contributed by atoms with Crippen LogP contribution >= 0.6 is 11.3 Å². The van der Waals surface area contributed by atoms with Gasteiger partial charge in [0.25, 0.3) is 0 Å². The highest BCUT2D eigenvalue weighted by molar-refractivity contribution is 7.07. The summed E-state index contributed by atoms with van der Waals surface area (Å²) in [5.41, 5.74) is 1.41. The fourth-order valence-corrected chi connectivity index (χ4v) is 4.12. The van der Waals surface area contributed by atoms with Crippen LogP contribution in [0.5, 0.6) is 5.75 Å². The van der Waals surface area contributed by atoms with Crippen LogP contribution in [0, 0.1) is 11.8 Å². The van der Waals surface area contributed by atoms with E-state index in [1.165, 1.54) is 5.56 Å². The lowest BCUT2D eigenvalue weighted by molar-refractivity contribution is 0.0897. The van der Waals surface area contributed by atoms with Crippen LogP contribution < -0.4 is 4.74 Å². The second kappa shape index (κ2) is 6.36. The zero-order valence-corrected chi connectivity index (χ0v) is 13.2. The van der Waals surface area contributed by atoms with Crippen molar-refractivity contribution >= 4 is 11.3 Å². The van der Waals surface area contributed by atoms with Crippen LogP contribution in [-0.2, 0) is 11.3 Å². The van der Waals surface area contributed by atoms with Gasteiger partial charge in [0.05, 0.1) is 19.3 Å². The molecule has 116 valence electrons. The molecular formula is C17H20N2O2S. The zero-order valence-electron chi connectivity index (χ0n) is 12.4. The van der Waals surface area contributed by atoms with E-state index >= 15 is 0 Å². The first-order chi connectivity index (χ1) is 10.9. The molecule has 2 aromatic rings. The fraction of sp³-hybridized carbons (Fsp3) is 0.471. The highest BCUT2D eigenvalue weighted by atomic mass is 32.1. The number of aromatic nitrogens is 1. The Bertz CT molecular complexity index is 590. The second-order valence-electron chi connectivity index (χ2n) is 6.12. The minimum Gasteiger partial charge on any atom is -0.493 e. The molecule has 0 amide bonds. The largest absolute Gasteiger partial charge is 0.493 e. The predicted molar refractivity (Wildman–Crippen MR) is 86.0 cm³/mol. The molecule has 0 radical (unpaired) electrons. The molecule has 2 aliphatic heterocycles. The molecule has 4 rings (SSSR count). The normalized spacial score (nSPS) is 27.9. The molecule has 5 heteroatoms. The highest BCUT2D eigenvalue weighted by Crippen LogP contribution is 2.34. The van der Waals surface area contributed by atoms with Crippen LogP contribution in [0.1, 0.15) is 5.56 Å². The SMILES string of the molecule is c1cc(OC[C@@H]2CO[C@@H]3CN(Cc4ccsc4)C[C@H]23)ccn1. The third-order valence-electron chi connectivity index (χ3n) is 4.61. The van der Waals surface area contributed by atoms with Crippen molar-refractivity contribution in [1.82, 2.24) is 9.88 Å². The van der Waals surface area contributed by atoms with Gasteiger partial charge < -0.3 is 9.47 Å². The minimum atomic E-state index is 0.379. The lowest BCUT2D eigenvalue weighted by atomic mass is 9.94. The number of likely N-dealkylation sites (tertiary alicyclic amines) is 1. The van der Waals surface area contributed by atoms with E-state index in [1.807, 2.05) is 12.1 Å². The maximum Gasteiger partial charge on any atom is 0.122 e. The fourth-order valence-electron chi connectivity index (χ4n) is 3.46. The first-order valence-electron chi connectivity index (χ1n) is 7.76. The Hall–Kier alpha value is -1.43. The van der Waals surface area contributed by atoms with Gasteiger partial charge in [-0.2, -0.15) is 11.3 Å². The van der Waals surface area contributed by atoms with Crippen molar-refractivity contribution in [3.8, 4) is 5.75 Å². The minimum absolute atomic E-state index is 0.379. The van der Waals surface area contributed by atoms with E-state index in [2.05, 4.69) is 26.7 Å². The van der Waals surface area contributed by atoms with E-state index in [-0.39, 0.29) is 0 Å². The highest BCUT2D eigenvalue weighted by Gasteiger charge is 2.43. The summed E-state index contributed by atoms with van der Waals surface area (Å²) in [7, 11) is 0. The summed E-state index contributed by atoms with van der Waals surface area (Å²) in [6, 6.07) is 6.03. The van der Waals surface area contributed by atoms with Crippen molar-refractivity contribution in [2.24, 2.45) is 11.8 Å². The van der Waals surface area contributed by atoms with Crippen molar-refractivity contribution in [1.29, 1.82) is 0 Å². The number of fused-ring (bicyclic) bond motifs is 1. The van der Waals surface area contributed by atoms with Gasteiger partial charge in [0.1, 0.15) is 5.75 Å². The summed E-state index contributed by atoms with van der Waals surface area (Å²) >= 11 is 1.77. The van der Waals surface area contributed by atoms with E-state index in [9.17, 15) is 0 Å². The number of pyridine rings is 1. The summed E-state index contributed by atoms with van der Waals surface area (Å²) in [6.07, 6.45) is 3.91. The molecule has 2 aromatic heterocycles. The van der Waals surface area contributed by atoms with Crippen molar-refractivity contribution in [3.05, 3.63) is 46.9 Å². The van der Waals surface area contributed by atoms with E-state index in [0.29, 0.717) is 17.9 Å². The molecule has 0 spiro atoms. The van der Waals surface area contributed by atoms with Gasteiger partial charge in [0.15, 0.2) is 0 Å². The molecule has 3 atom stereocenters. The standard InChI is InChI=1S/C17H20N2O2S/c1-4-18-5-2-15(1)20-10-14-11-21-17-9-19(8-16(14)17)7-13-3-6-22-12-13/h1-6,12,14,16-17H,7-11H2/t14-,16-,17-/m1/s1. The van der Waals surface area contributed by atoms with Crippen molar-refractivity contribution in [2.75, 3.05) is 26.3 Å². The van der Waals surface area contributed by atoms with Gasteiger partial charge in [0, 0.05) is 43.9 Å². The quantitative estimate of drug-likeness (QED) is 0.849. The molecule has 0 aliphatic carbocycles. The molecule has 2 fully saturated rings. The molecule has 22 heavy (non-hydrogen) atoms. The molecular weight excluding hydrogens is 296 g/mol. The number of thiophene rings is 1. The monoisotopic (exact) mass is 316 g/mol. The van der Waals surface area contributed by atoms with Crippen LogP contribution in [0.4, 0.5) is 0 Å². The Morgan fingerprint density at radius 2 is 2.18 bits per heavy atom. The maximum absolute atomic E-state index is 6.00.